The van der Waals surface area contributed by atoms with E-state index in [0.717, 1.165) is 3.57 Å². The Hall–Kier alpha value is -0.370. The van der Waals surface area contributed by atoms with E-state index in [1.165, 1.54) is 0 Å². The van der Waals surface area contributed by atoms with Gasteiger partial charge in [-0.25, -0.2) is 0 Å². The van der Waals surface area contributed by atoms with Gasteiger partial charge in [-0.2, -0.15) is 0 Å². The molecule has 1 saturated heterocycles. The van der Waals surface area contributed by atoms with E-state index in [4.69, 9.17) is 21.1 Å². The van der Waals surface area contributed by atoms with Gasteiger partial charge in [0.05, 0.1) is 30.9 Å². The van der Waals surface area contributed by atoms with Crippen LogP contribution >= 0.6 is 34.2 Å². The summed E-state index contributed by atoms with van der Waals surface area (Å²) in [6.45, 7) is 2.17. The summed E-state index contributed by atoms with van der Waals surface area (Å²) in [5.41, 5.74) is 0.553. The third kappa shape index (κ3) is 3.81. The molecule has 4 nitrogen and oxygen atoms in total. The summed E-state index contributed by atoms with van der Waals surface area (Å²) in [7, 11) is 0. The van der Waals surface area contributed by atoms with Gasteiger partial charge in [0.15, 0.2) is 0 Å². The predicted octanol–water partition coefficient (Wildman–Crippen LogP) is 2.09. The van der Waals surface area contributed by atoms with E-state index < -0.39 is 0 Å². The first kappa shape index (κ1) is 14.0. The molecule has 1 aliphatic heterocycles. The molecule has 0 spiro atoms. The first-order valence-corrected chi connectivity index (χ1v) is 7.05. The molecule has 98 valence electrons. The van der Waals surface area contributed by atoms with E-state index in [1.54, 1.807) is 12.1 Å². The summed E-state index contributed by atoms with van der Waals surface area (Å²) >= 11 is 8.10. The molecule has 1 aromatic carbocycles. The standard InChI is InChI=1S/C12H13ClINO3/c13-10-5-8(1-2-11(10)14)12(16)15-6-9-7-17-3-4-18-9/h1-2,5,9H,3-4,6-7H2,(H,15,16). The molecule has 1 amide bonds. The lowest BCUT2D eigenvalue weighted by Crippen LogP contribution is -2.39. The van der Waals surface area contributed by atoms with Gasteiger partial charge in [-0.15, -0.1) is 0 Å². The van der Waals surface area contributed by atoms with E-state index in [9.17, 15) is 4.79 Å². The summed E-state index contributed by atoms with van der Waals surface area (Å²) in [6, 6.07) is 5.23. The number of ether oxygens (including phenoxy) is 2. The summed E-state index contributed by atoms with van der Waals surface area (Å²) in [5.74, 6) is -0.150. The van der Waals surface area contributed by atoms with Crippen LogP contribution in [0.3, 0.4) is 0 Å². The Bertz CT molecular complexity index is 435. The lowest BCUT2D eigenvalue weighted by Gasteiger charge is -2.23. The van der Waals surface area contributed by atoms with Crippen LogP contribution in [0.2, 0.25) is 5.02 Å². The van der Waals surface area contributed by atoms with Gasteiger partial charge in [0, 0.05) is 15.7 Å². The van der Waals surface area contributed by atoms with Gasteiger partial charge < -0.3 is 14.8 Å². The lowest BCUT2D eigenvalue weighted by molar-refractivity contribution is -0.0855. The maximum absolute atomic E-state index is 11.9. The van der Waals surface area contributed by atoms with Crippen LogP contribution in [-0.2, 0) is 9.47 Å². The zero-order chi connectivity index (χ0) is 13.0. The van der Waals surface area contributed by atoms with Gasteiger partial charge >= 0.3 is 0 Å². The quantitative estimate of drug-likeness (QED) is 0.816. The monoisotopic (exact) mass is 381 g/mol. The number of carbonyl (C=O) groups is 1. The lowest BCUT2D eigenvalue weighted by atomic mass is 10.2. The Morgan fingerprint density at radius 2 is 2.33 bits per heavy atom. The highest BCUT2D eigenvalue weighted by molar-refractivity contribution is 14.1. The number of hydrogen-bond acceptors (Lipinski definition) is 3. The van der Waals surface area contributed by atoms with Crippen LogP contribution in [0.1, 0.15) is 10.4 Å². The minimum absolute atomic E-state index is 0.0676. The van der Waals surface area contributed by atoms with Crippen molar-refractivity contribution >= 4 is 40.1 Å². The van der Waals surface area contributed by atoms with Gasteiger partial charge in [-0.3, -0.25) is 4.79 Å². The molecule has 0 aromatic heterocycles. The molecule has 1 heterocycles. The molecule has 0 saturated carbocycles. The molecule has 1 aliphatic rings. The molecule has 1 aromatic rings. The largest absolute Gasteiger partial charge is 0.376 e. The topological polar surface area (TPSA) is 47.6 Å². The normalized spacial score (nSPS) is 19.6. The van der Waals surface area contributed by atoms with E-state index in [-0.39, 0.29) is 12.0 Å². The van der Waals surface area contributed by atoms with Crippen molar-refractivity contribution in [2.45, 2.75) is 6.10 Å². The Labute approximate surface area is 124 Å². The number of benzene rings is 1. The molecule has 0 radical (unpaired) electrons. The minimum Gasteiger partial charge on any atom is -0.376 e. The van der Waals surface area contributed by atoms with Crippen LogP contribution in [0, 0.1) is 3.57 Å². The van der Waals surface area contributed by atoms with Crippen LogP contribution in [0.15, 0.2) is 18.2 Å². The Balaban J connectivity index is 1.88. The molecule has 6 heteroatoms. The zero-order valence-electron chi connectivity index (χ0n) is 9.62. The average Bonchev–Trinajstić information content (AvgIpc) is 2.40. The van der Waals surface area contributed by atoms with Gasteiger partial charge in [-0.05, 0) is 40.8 Å². The smallest absolute Gasteiger partial charge is 0.251 e. The molecule has 0 aliphatic carbocycles. The molecule has 2 rings (SSSR count). The van der Waals surface area contributed by atoms with Crippen LogP contribution in [-0.4, -0.2) is 38.4 Å². The third-order valence-electron chi connectivity index (χ3n) is 2.56. The second-order valence-corrected chi connectivity index (χ2v) is 5.48. The highest BCUT2D eigenvalue weighted by Gasteiger charge is 2.16. The van der Waals surface area contributed by atoms with Crippen molar-refractivity contribution in [3.05, 3.63) is 32.4 Å². The fraction of sp³-hybridized carbons (Fsp3) is 0.417. The Morgan fingerprint density at radius 3 is 3.00 bits per heavy atom. The second-order valence-electron chi connectivity index (χ2n) is 3.91. The molecule has 18 heavy (non-hydrogen) atoms. The summed E-state index contributed by atoms with van der Waals surface area (Å²) in [6.07, 6.45) is -0.0676. The molecule has 1 N–H and O–H groups in total. The number of nitrogens with one attached hydrogen (secondary N) is 1. The minimum atomic E-state index is -0.150. The average molecular weight is 382 g/mol. The van der Waals surface area contributed by atoms with Crippen LogP contribution < -0.4 is 5.32 Å². The SMILES string of the molecule is O=C(NCC1COCCO1)c1ccc(I)c(Cl)c1. The highest BCUT2D eigenvalue weighted by atomic mass is 127. The number of carbonyl (C=O) groups excluding carboxylic acids is 1. The molecular formula is C12H13ClINO3. The van der Waals surface area contributed by atoms with E-state index in [1.807, 2.05) is 6.07 Å². The van der Waals surface area contributed by atoms with Crippen molar-refractivity contribution in [1.82, 2.24) is 5.32 Å². The summed E-state index contributed by atoms with van der Waals surface area (Å²) in [5, 5.41) is 3.39. The molecule has 1 atom stereocenters. The molecule has 1 unspecified atom stereocenters. The summed E-state index contributed by atoms with van der Waals surface area (Å²) in [4.78, 5) is 11.9. The van der Waals surface area contributed by atoms with Crippen molar-refractivity contribution in [2.24, 2.45) is 0 Å². The summed E-state index contributed by atoms with van der Waals surface area (Å²) < 4.78 is 11.6. The van der Waals surface area contributed by atoms with Gasteiger partial charge in [0.25, 0.3) is 5.91 Å². The Kier molecular flexibility index (Phi) is 5.23. The van der Waals surface area contributed by atoms with Crippen molar-refractivity contribution < 1.29 is 14.3 Å². The fourth-order valence-electron chi connectivity index (χ4n) is 1.60. The Morgan fingerprint density at radius 1 is 1.50 bits per heavy atom. The molecule has 1 fully saturated rings. The van der Waals surface area contributed by atoms with Gasteiger partial charge in [0.1, 0.15) is 0 Å². The second kappa shape index (κ2) is 6.70. The van der Waals surface area contributed by atoms with Crippen molar-refractivity contribution in [3.8, 4) is 0 Å². The van der Waals surface area contributed by atoms with Crippen molar-refractivity contribution in [1.29, 1.82) is 0 Å². The third-order valence-corrected chi connectivity index (χ3v) is 4.13. The fourth-order valence-corrected chi connectivity index (χ4v) is 2.12. The first-order chi connectivity index (χ1) is 8.66. The maximum Gasteiger partial charge on any atom is 0.251 e. The van der Waals surface area contributed by atoms with Crippen LogP contribution in [0.4, 0.5) is 0 Å². The van der Waals surface area contributed by atoms with Gasteiger partial charge in [0.2, 0.25) is 0 Å². The van der Waals surface area contributed by atoms with Gasteiger partial charge in [-0.1, -0.05) is 11.6 Å². The zero-order valence-corrected chi connectivity index (χ0v) is 12.5. The highest BCUT2D eigenvalue weighted by Crippen LogP contribution is 2.19. The molecular weight excluding hydrogens is 368 g/mol. The predicted molar refractivity (Wildman–Crippen MR) is 77.1 cm³/mol. The number of rotatable bonds is 3. The van der Waals surface area contributed by atoms with E-state index >= 15 is 0 Å². The van der Waals surface area contributed by atoms with Crippen LogP contribution in [0.5, 0.6) is 0 Å². The van der Waals surface area contributed by atoms with E-state index in [2.05, 4.69) is 27.9 Å². The number of hydrogen-bond donors (Lipinski definition) is 1. The maximum atomic E-state index is 11.9. The molecule has 0 bridgehead atoms. The van der Waals surface area contributed by atoms with Crippen molar-refractivity contribution in [2.75, 3.05) is 26.4 Å². The number of amides is 1. The first-order valence-electron chi connectivity index (χ1n) is 5.59. The number of halogens is 2. The van der Waals surface area contributed by atoms with E-state index in [0.29, 0.717) is 37.0 Å². The van der Waals surface area contributed by atoms with Crippen LogP contribution in [0.25, 0.3) is 0 Å². The van der Waals surface area contributed by atoms with Crippen molar-refractivity contribution in [3.63, 3.8) is 0 Å².